The van der Waals surface area contributed by atoms with Crippen molar-refractivity contribution in [3.8, 4) is 0 Å². The summed E-state index contributed by atoms with van der Waals surface area (Å²) in [6.45, 7) is 9.45. The molecule has 2 nitrogen and oxygen atoms in total. The van der Waals surface area contributed by atoms with Crippen LogP contribution in [0.1, 0.15) is 63.1 Å². The van der Waals surface area contributed by atoms with Crippen molar-refractivity contribution < 1.29 is 0 Å². The van der Waals surface area contributed by atoms with Gasteiger partial charge in [0.1, 0.15) is 6.17 Å². The van der Waals surface area contributed by atoms with Crippen molar-refractivity contribution in [3.63, 3.8) is 0 Å². The van der Waals surface area contributed by atoms with Crippen LogP contribution >= 0.6 is 0 Å². The van der Waals surface area contributed by atoms with Gasteiger partial charge in [-0.3, -0.25) is 0 Å². The van der Waals surface area contributed by atoms with Gasteiger partial charge in [0, 0.05) is 16.9 Å². The van der Waals surface area contributed by atoms with E-state index in [1.165, 1.54) is 53.9 Å². The Morgan fingerprint density at radius 1 is 0.926 bits per heavy atom. The first kappa shape index (κ1) is 16.9. The maximum absolute atomic E-state index is 2.76. The molecule has 2 unspecified atom stereocenters. The summed E-state index contributed by atoms with van der Waals surface area (Å²) in [5.74, 6) is 0.739. The van der Waals surface area contributed by atoms with E-state index in [-0.39, 0.29) is 5.54 Å². The van der Waals surface area contributed by atoms with Gasteiger partial charge in [-0.05, 0) is 63.6 Å². The predicted molar refractivity (Wildman–Crippen MR) is 113 cm³/mol. The maximum Gasteiger partial charge on any atom is 0.104 e. The standard InChI is InChI=1S/C25H30N2/c1-17-11-5-10-16-23(17)26-18(2)24-21-14-8-9-15-22(21)25(4,27(24)19(26)3)20-12-6-7-13-20/h5,8-11,14-16,19-20H,6-7,12-13H2,1-4H3. The van der Waals surface area contributed by atoms with Gasteiger partial charge >= 0.3 is 0 Å². The number of fused-ring (bicyclic) bond motifs is 3. The highest BCUT2D eigenvalue weighted by molar-refractivity contribution is 5.82. The van der Waals surface area contributed by atoms with E-state index in [1.54, 1.807) is 5.56 Å². The molecular formula is C25H30N2. The van der Waals surface area contributed by atoms with Crippen molar-refractivity contribution in [2.75, 3.05) is 4.90 Å². The molecule has 1 fully saturated rings. The fourth-order valence-corrected chi connectivity index (χ4v) is 6.20. The molecule has 2 heterocycles. The third-order valence-electron chi connectivity index (χ3n) is 7.45. The number of allylic oxidation sites excluding steroid dienone is 1. The zero-order valence-corrected chi connectivity index (χ0v) is 17.0. The summed E-state index contributed by atoms with van der Waals surface area (Å²) in [4.78, 5) is 5.32. The fourth-order valence-electron chi connectivity index (χ4n) is 6.20. The third kappa shape index (κ3) is 2.13. The van der Waals surface area contributed by atoms with Crippen LogP contribution in [0.15, 0.2) is 54.2 Å². The molecule has 2 aliphatic heterocycles. The lowest BCUT2D eigenvalue weighted by molar-refractivity contribution is 0.0922. The number of anilines is 1. The quantitative estimate of drug-likeness (QED) is 0.624. The molecule has 27 heavy (non-hydrogen) atoms. The lowest BCUT2D eigenvalue weighted by atomic mass is 9.78. The first-order valence-electron chi connectivity index (χ1n) is 10.5. The predicted octanol–water partition coefficient (Wildman–Crippen LogP) is 6.27. The largest absolute Gasteiger partial charge is 0.339 e. The van der Waals surface area contributed by atoms with Crippen LogP contribution in [0, 0.1) is 12.8 Å². The van der Waals surface area contributed by atoms with Crippen LogP contribution in [0.25, 0.3) is 5.70 Å². The van der Waals surface area contributed by atoms with Gasteiger partial charge in [0.15, 0.2) is 0 Å². The Bertz CT molecular complexity index is 921. The van der Waals surface area contributed by atoms with Gasteiger partial charge in [-0.2, -0.15) is 0 Å². The lowest BCUT2D eigenvalue weighted by Gasteiger charge is -2.45. The van der Waals surface area contributed by atoms with Gasteiger partial charge in [0.25, 0.3) is 0 Å². The van der Waals surface area contributed by atoms with E-state index in [0.717, 1.165) is 5.92 Å². The Kier molecular flexibility index (Phi) is 3.69. The number of hydrogen-bond acceptors (Lipinski definition) is 2. The van der Waals surface area contributed by atoms with Crippen molar-refractivity contribution in [1.82, 2.24) is 4.90 Å². The highest BCUT2D eigenvalue weighted by atomic mass is 15.5. The van der Waals surface area contributed by atoms with Crippen LogP contribution in [0.2, 0.25) is 0 Å². The highest BCUT2D eigenvalue weighted by Crippen LogP contribution is 2.58. The monoisotopic (exact) mass is 358 g/mol. The third-order valence-corrected chi connectivity index (χ3v) is 7.45. The summed E-state index contributed by atoms with van der Waals surface area (Å²) in [6.07, 6.45) is 5.79. The average Bonchev–Trinajstić information content (AvgIpc) is 3.35. The molecule has 0 amide bonds. The minimum Gasteiger partial charge on any atom is -0.339 e. The molecule has 2 heteroatoms. The molecule has 1 saturated carbocycles. The van der Waals surface area contributed by atoms with E-state index in [2.05, 4.69) is 86.0 Å². The van der Waals surface area contributed by atoms with Gasteiger partial charge in [0.2, 0.25) is 0 Å². The van der Waals surface area contributed by atoms with Crippen molar-refractivity contribution in [3.05, 3.63) is 70.9 Å². The van der Waals surface area contributed by atoms with E-state index >= 15 is 0 Å². The molecule has 0 spiro atoms. The average molecular weight is 359 g/mol. The molecule has 0 saturated heterocycles. The molecule has 2 aromatic carbocycles. The molecule has 0 bridgehead atoms. The Hall–Kier alpha value is -2.22. The van der Waals surface area contributed by atoms with Crippen molar-refractivity contribution >= 4 is 11.4 Å². The molecule has 0 N–H and O–H groups in total. The molecule has 5 rings (SSSR count). The summed E-state index contributed by atoms with van der Waals surface area (Å²) >= 11 is 0. The van der Waals surface area contributed by atoms with Crippen LogP contribution in [-0.2, 0) is 5.54 Å². The van der Waals surface area contributed by atoms with E-state index in [0.29, 0.717) is 6.17 Å². The second kappa shape index (κ2) is 5.89. The zero-order chi connectivity index (χ0) is 18.8. The highest BCUT2D eigenvalue weighted by Gasteiger charge is 2.55. The first-order valence-corrected chi connectivity index (χ1v) is 10.5. The van der Waals surface area contributed by atoms with Crippen molar-refractivity contribution in [2.24, 2.45) is 5.92 Å². The molecule has 0 radical (unpaired) electrons. The van der Waals surface area contributed by atoms with E-state index < -0.39 is 0 Å². The Morgan fingerprint density at radius 2 is 1.59 bits per heavy atom. The van der Waals surface area contributed by atoms with Crippen molar-refractivity contribution in [2.45, 2.75) is 65.1 Å². The van der Waals surface area contributed by atoms with Crippen molar-refractivity contribution in [1.29, 1.82) is 0 Å². The van der Waals surface area contributed by atoms with Crippen LogP contribution in [0.4, 0.5) is 5.69 Å². The summed E-state index contributed by atoms with van der Waals surface area (Å²) < 4.78 is 0. The van der Waals surface area contributed by atoms with Crippen LogP contribution in [0.5, 0.6) is 0 Å². The lowest BCUT2D eigenvalue weighted by Crippen LogP contribution is -2.50. The van der Waals surface area contributed by atoms with Crippen LogP contribution in [0.3, 0.4) is 0 Å². The van der Waals surface area contributed by atoms with Gasteiger partial charge in [-0.25, -0.2) is 0 Å². The summed E-state index contributed by atoms with van der Waals surface area (Å²) in [6, 6.07) is 18.0. The van der Waals surface area contributed by atoms with Gasteiger partial charge in [-0.15, -0.1) is 0 Å². The molecule has 140 valence electrons. The maximum atomic E-state index is 2.76. The molecule has 2 atom stereocenters. The number of aryl methyl sites for hydroxylation is 1. The first-order chi connectivity index (χ1) is 13.0. The summed E-state index contributed by atoms with van der Waals surface area (Å²) in [5, 5.41) is 0. The normalized spacial score (nSPS) is 27.5. The van der Waals surface area contributed by atoms with E-state index in [9.17, 15) is 0 Å². The second-order valence-corrected chi connectivity index (χ2v) is 8.77. The van der Waals surface area contributed by atoms with Crippen LogP contribution in [-0.4, -0.2) is 11.1 Å². The topological polar surface area (TPSA) is 6.48 Å². The fraction of sp³-hybridized carbons (Fsp3) is 0.440. The Morgan fingerprint density at radius 3 is 2.33 bits per heavy atom. The summed E-state index contributed by atoms with van der Waals surface area (Å²) in [7, 11) is 0. The molecular weight excluding hydrogens is 328 g/mol. The number of hydrogen-bond donors (Lipinski definition) is 0. The zero-order valence-electron chi connectivity index (χ0n) is 17.0. The van der Waals surface area contributed by atoms with E-state index in [4.69, 9.17) is 0 Å². The second-order valence-electron chi connectivity index (χ2n) is 8.77. The minimum atomic E-state index is 0.0978. The van der Waals surface area contributed by atoms with Crippen LogP contribution < -0.4 is 4.90 Å². The molecule has 0 aromatic heterocycles. The van der Waals surface area contributed by atoms with Gasteiger partial charge in [-0.1, -0.05) is 55.3 Å². The molecule has 1 aliphatic carbocycles. The number of benzene rings is 2. The number of para-hydroxylation sites is 1. The number of nitrogens with zero attached hydrogens (tertiary/aromatic N) is 2. The number of rotatable bonds is 2. The Labute approximate surface area is 163 Å². The van der Waals surface area contributed by atoms with E-state index in [1.807, 2.05) is 0 Å². The SMILES string of the molecule is CC1=C2c3ccccc3C(C)(C3CCCC3)N2C(C)N1c1ccccc1C. The minimum absolute atomic E-state index is 0.0978. The molecule has 3 aliphatic rings. The smallest absolute Gasteiger partial charge is 0.104 e. The van der Waals surface area contributed by atoms with Gasteiger partial charge < -0.3 is 9.80 Å². The summed E-state index contributed by atoms with van der Waals surface area (Å²) in [5.41, 5.74) is 8.63. The van der Waals surface area contributed by atoms with Gasteiger partial charge in [0.05, 0.1) is 11.2 Å². The molecule has 2 aromatic rings. The Balaban J connectivity index is 1.72.